The molecule has 2 aromatic rings. The van der Waals surface area contributed by atoms with E-state index >= 15 is 0 Å². The molecule has 20 heavy (non-hydrogen) atoms. The zero-order valence-electron chi connectivity index (χ0n) is 11.3. The van der Waals surface area contributed by atoms with Gasteiger partial charge in [0.15, 0.2) is 0 Å². The Morgan fingerprint density at radius 3 is 2.95 bits per heavy atom. The van der Waals surface area contributed by atoms with Crippen molar-refractivity contribution in [3.63, 3.8) is 0 Å². The molecular weight excluding hydrogens is 272 g/mol. The highest BCUT2D eigenvalue weighted by molar-refractivity contribution is 7.99. The first-order valence-electron chi connectivity index (χ1n) is 6.78. The number of anilines is 2. The van der Waals surface area contributed by atoms with Gasteiger partial charge in [-0.3, -0.25) is 4.68 Å². The number of nitrogens with one attached hydrogen (secondary N) is 1. The van der Waals surface area contributed by atoms with E-state index in [0.29, 0.717) is 0 Å². The van der Waals surface area contributed by atoms with Gasteiger partial charge in [-0.1, -0.05) is 0 Å². The molecule has 6 nitrogen and oxygen atoms in total. The van der Waals surface area contributed by atoms with Crippen molar-refractivity contribution in [3.05, 3.63) is 30.9 Å². The molecular formula is C13H18N6S. The fourth-order valence-electron chi connectivity index (χ4n) is 2.14. The highest BCUT2D eigenvalue weighted by Crippen LogP contribution is 2.18. The number of thioether (sulfide) groups is 1. The van der Waals surface area contributed by atoms with E-state index in [1.807, 2.05) is 34.8 Å². The van der Waals surface area contributed by atoms with Crippen LogP contribution in [-0.4, -0.2) is 50.9 Å². The van der Waals surface area contributed by atoms with Gasteiger partial charge in [-0.15, -0.1) is 0 Å². The third-order valence-electron chi connectivity index (χ3n) is 3.19. The van der Waals surface area contributed by atoms with Crippen LogP contribution in [0, 0.1) is 0 Å². The van der Waals surface area contributed by atoms with E-state index in [1.165, 1.54) is 11.5 Å². The smallest absolute Gasteiger partial charge is 0.134 e. The van der Waals surface area contributed by atoms with Gasteiger partial charge in [-0.25, -0.2) is 9.97 Å². The first-order valence-corrected chi connectivity index (χ1v) is 7.93. The van der Waals surface area contributed by atoms with Gasteiger partial charge in [0, 0.05) is 49.6 Å². The number of hydrogen-bond acceptors (Lipinski definition) is 6. The molecule has 0 bridgehead atoms. The molecule has 1 fully saturated rings. The van der Waals surface area contributed by atoms with Gasteiger partial charge in [-0.05, 0) is 6.07 Å². The maximum absolute atomic E-state index is 4.37. The molecule has 0 saturated carbocycles. The highest BCUT2D eigenvalue weighted by Gasteiger charge is 2.12. The second-order valence-electron chi connectivity index (χ2n) is 4.56. The van der Waals surface area contributed by atoms with Gasteiger partial charge in [0.1, 0.15) is 18.0 Å². The number of rotatable bonds is 5. The first kappa shape index (κ1) is 13.2. The van der Waals surface area contributed by atoms with Crippen molar-refractivity contribution in [2.45, 2.75) is 6.54 Å². The predicted molar refractivity (Wildman–Crippen MR) is 82.3 cm³/mol. The maximum Gasteiger partial charge on any atom is 0.134 e. The van der Waals surface area contributed by atoms with Crippen molar-refractivity contribution in [2.75, 3.05) is 41.4 Å². The third kappa shape index (κ3) is 3.41. The minimum Gasteiger partial charge on any atom is -0.368 e. The van der Waals surface area contributed by atoms with Crippen molar-refractivity contribution in [1.29, 1.82) is 0 Å². The van der Waals surface area contributed by atoms with E-state index in [0.717, 1.165) is 37.8 Å². The van der Waals surface area contributed by atoms with Gasteiger partial charge in [-0.2, -0.15) is 16.9 Å². The minimum absolute atomic E-state index is 0.800. The molecule has 1 aliphatic heterocycles. The van der Waals surface area contributed by atoms with Crippen LogP contribution >= 0.6 is 11.8 Å². The molecule has 7 heteroatoms. The van der Waals surface area contributed by atoms with Crippen molar-refractivity contribution in [2.24, 2.45) is 0 Å². The Labute approximate surface area is 122 Å². The summed E-state index contributed by atoms with van der Waals surface area (Å²) in [6.07, 6.45) is 5.38. The summed E-state index contributed by atoms with van der Waals surface area (Å²) in [5.74, 6) is 4.24. The van der Waals surface area contributed by atoms with E-state index in [9.17, 15) is 0 Å². The summed E-state index contributed by atoms with van der Waals surface area (Å²) >= 11 is 2.00. The summed E-state index contributed by atoms with van der Waals surface area (Å²) in [7, 11) is 0. The molecule has 1 N–H and O–H groups in total. The summed E-state index contributed by atoms with van der Waals surface area (Å²) in [5.41, 5.74) is 0. The van der Waals surface area contributed by atoms with Crippen molar-refractivity contribution in [1.82, 2.24) is 19.7 Å². The zero-order chi connectivity index (χ0) is 13.6. The minimum atomic E-state index is 0.800. The van der Waals surface area contributed by atoms with Crippen LogP contribution in [0.4, 0.5) is 11.6 Å². The molecule has 3 heterocycles. The molecule has 0 aromatic carbocycles. The Kier molecular flexibility index (Phi) is 4.37. The second-order valence-corrected chi connectivity index (χ2v) is 5.78. The van der Waals surface area contributed by atoms with Crippen LogP contribution in [0.1, 0.15) is 0 Å². The van der Waals surface area contributed by atoms with E-state index < -0.39 is 0 Å². The summed E-state index contributed by atoms with van der Waals surface area (Å²) in [4.78, 5) is 11.0. The third-order valence-corrected chi connectivity index (χ3v) is 4.14. The quantitative estimate of drug-likeness (QED) is 0.897. The van der Waals surface area contributed by atoms with Crippen LogP contribution in [0.25, 0.3) is 0 Å². The number of hydrogen-bond donors (Lipinski definition) is 1. The Morgan fingerprint density at radius 1 is 1.25 bits per heavy atom. The number of nitrogens with zero attached hydrogens (tertiary/aromatic N) is 5. The lowest BCUT2D eigenvalue weighted by molar-refractivity contribution is 0.637. The Bertz CT molecular complexity index is 523. The first-order chi connectivity index (χ1) is 9.92. The number of aromatic nitrogens is 4. The van der Waals surface area contributed by atoms with Crippen LogP contribution in [0.15, 0.2) is 30.9 Å². The van der Waals surface area contributed by atoms with Crippen LogP contribution in [0.5, 0.6) is 0 Å². The van der Waals surface area contributed by atoms with E-state index in [1.54, 1.807) is 12.5 Å². The maximum atomic E-state index is 4.37. The summed E-state index contributed by atoms with van der Waals surface area (Å²) in [5, 5.41) is 7.49. The SMILES string of the molecule is c1cnn(CCNc2cc(N3CCSCC3)ncn2)c1. The van der Waals surface area contributed by atoms with E-state index in [-0.39, 0.29) is 0 Å². The zero-order valence-corrected chi connectivity index (χ0v) is 12.1. The average molecular weight is 290 g/mol. The standard InChI is InChI=1S/C13H18N6S/c1-2-17-19(4-1)5-3-14-12-10-13(16-11-15-12)18-6-8-20-9-7-18/h1-2,4,10-11H,3,5-9H2,(H,14,15,16). The molecule has 0 atom stereocenters. The average Bonchev–Trinajstić information content (AvgIpc) is 3.02. The van der Waals surface area contributed by atoms with Gasteiger partial charge >= 0.3 is 0 Å². The largest absolute Gasteiger partial charge is 0.368 e. The monoisotopic (exact) mass is 290 g/mol. The Balaban J connectivity index is 1.56. The second kappa shape index (κ2) is 6.60. The topological polar surface area (TPSA) is 58.9 Å². The Morgan fingerprint density at radius 2 is 2.15 bits per heavy atom. The molecule has 0 amide bonds. The molecule has 1 saturated heterocycles. The van der Waals surface area contributed by atoms with Gasteiger partial charge in [0.2, 0.25) is 0 Å². The molecule has 0 unspecified atom stereocenters. The molecule has 2 aromatic heterocycles. The summed E-state index contributed by atoms with van der Waals surface area (Å²) in [6.45, 7) is 3.75. The molecule has 1 aliphatic rings. The fourth-order valence-corrected chi connectivity index (χ4v) is 3.04. The van der Waals surface area contributed by atoms with Crippen LogP contribution in [-0.2, 0) is 6.54 Å². The van der Waals surface area contributed by atoms with Crippen LogP contribution < -0.4 is 10.2 Å². The van der Waals surface area contributed by atoms with E-state index in [2.05, 4.69) is 25.3 Å². The summed E-state index contributed by atoms with van der Waals surface area (Å²) < 4.78 is 1.90. The molecule has 0 radical (unpaired) electrons. The van der Waals surface area contributed by atoms with Crippen molar-refractivity contribution < 1.29 is 0 Å². The normalized spacial score (nSPS) is 15.3. The fraction of sp³-hybridized carbons (Fsp3) is 0.462. The molecule has 0 spiro atoms. The van der Waals surface area contributed by atoms with Crippen molar-refractivity contribution in [3.8, 4) is 0 Å². The molecule has 0 aliphatic carbocycles. The molecule has 3 rings (SSSR count). The predicted octanol–water partition coefficient (Wildman–Crippen LogP) is 1.34. The summed E-state index contributed by atoms with van der Waals surface area (Å²) in [6, 6.07) is 3.95. The lowest BCUT2D eigenvalue weighted by Gasteiger charge is -2.27. The Hall–Kier alpha value is -1.76. The molecule has 106 valence electrons. The lowest BCUT2D eigenvalue weighted by atomic mass is 10.4. The van der Waals surface area contributed by atoms with Gasteiger partial charge in [0.25, 0.3) is 0 Å². The highest BCUT2D eigenvalue weighted by atomic mass is 32.2. The lowest BCUT2D eigenvalue weighted by Crippen LogP contribution is -2.33. The van der Waals surface area contributed by atoms with Crippen LogP contribution in [0.3, 0.4) is 0 Å². The van der Waals surface area contributed by atoms with Crippen molar-refractivity contribution >= 4 is 23.4 Å². The van der Waals surface area contributed by atoms with Gasteiger partial charge < -0.3 is 10.2 Å². The van der Waals surface area contributed by atoms with Gasteiger partial charge in [0.05, 0.1) is 6.54 Å². The van der Waals surface area contributed by atoms with Crippen LogP contribution in [0.2, 0.25) is 0 Å². The van der Waals surface area contributed by atoms with E-state index in [4.69, 9.17) is 0 Å².